The maximum absolute atomic E-state index is 4.47. The van der Waals surface area contributed by atoms with E-state index in [1.807, 2.05) is 12.3 Å². The first kappa shape index (κ1) is 15.3. The summed E-state index contributed by atoms with van der Waals surface area (Å²) in [4.78, 5) is 6.75. The van der Waals surface area contributed by atoms with Crippen molar-refractivity contribution < 1.29 is 0 Å². The van der Waals surface area contributed by atoms with Crippen molar-refractivity contribution in [2.45, 2.75) is 38.8 Å². The molecule has 6 heteroatoms. The number of hydrogen-bond acceptors (Lipinski definition) is 5. The highest BCUT2D eigenvalue weighted by atomic mass is 32.1. The van der Waals surface area contributed by atoms with Crippen molar-refractivity contribution >= 4 is 16.5 Å². The molecule has 2 aromatic heterocycles. The monoisotopic (exact) mass is 339 g/mol. The highest BCUT2D eigenvalue weighted by Crippen LogP contribution is 2.30. The van der Waals surface area contributed by atoms with Crippen LogP contribution in [0.3, 0.4) is 0 Å². The standard InChI is InChI=1S/C18H21N5S/c1-14-19-9-11-22(14)13-16-8-5-10-23(16)18-21-20-17(24-18)12-15-6-3-2-4-7-15/h2-4,6-7,9,11,16H,5,8,10,12-13H2,1H3/t16-/m0/s1. The van der Waals surface area contributed by atoms with Gasteiger partial charge in [0.25, 0.3) is 0 Å². The molecule has 1 aromatic carbocycles. The normalized spacial score (nSPS) is 17.5. The summed E-state index contributed by atoms with van der Waals surface area (Å²) in [5.41, 5.74) is 1.28. The van der Waals surface area contributed by atoms with Gasteiger partial charge in [0.05, 0.1) is 0 Å². The Morgan fingerprint density at radius 2 is 2.08 bits per heavy atom. The maximum atomic E-state index is 4.47. The quantitative estimate of drug-likeness (QED) is 0.715. The van der Waals surface area contributed by atoms with E-state index in [0.717, 1.165) is 35.5 Å². The number of aromatic nitrogens is 4. The molecule has 0 radical (unpaired) electrons. The molecule has 1 fully saturated rings. The molecule has 0 N–H and O–H groups in total. The average Bonchev–Trinajstić information content (AvgIpc) is 3.31. The molecule has 0 aliphatic carbocycles. The highest BCUT2D eigenvalue weighted by molar-refractivity contribution is 7.15. The van der Waals surface area contributed by atoms with E-state index in [1.54, 1.807) is 11.3 Å². The Morgan fingerprint density at radius 3 is 2.88 bits per heavy atom. The van der Waals surface area contributed by atoms with E-state index < -0.39 is 0 Å². The Labute approximate surface area is 146 Å². The van der Waals surface area contributed by atoms with E-state index in [1.165, 1.54) is 18.4 Å². The van der Waals surface area contributed by atoms with Crippen LogP contribution in [0, 0.1) is 6.92 Å². The fourth-order valence-corrected chi connectivity index (χ4v) is 4.27. The molecule has 1 aliphatic heterocycles. The second-order valence-electron chi connectivity index (χ2n) is 6.26. The summed E-state index contributed by atoms with van der Waals surface area (Å²) in [5.74, 6) is 1.07. The molecule has 124 valence electrons. The van der Waals surface area contributed by atoms with Crippen LogP contribution >= 0.6 is 11.3 Å². The van der Waals surface area contributed by atoms with Crippen LogP contribution in [0.15, 0.2) is 42.7 Å². The van der Waals surface area contributed by atoms with Crippen LogP contribution < -0.4 is 4.90 Å². The van der Waals surface area contributed by atoms with Gasteiger partial charge < -0.3 is 9.47 Å². The summed E-state index contributed by atoms with van der Waals surface area (Å²) >= 11 is 1.72. The van der Waals surface area contributed by atoms with Gasteiger partial charge in [-0.15, -0.1) is 10.2 Å². The lowest BCUT2D eigenvalue weighted by Gasteiger charge is -2.24. The van der Waals surface area contributed by atoms with E-state index in [-0.39, 0.29) is 0 Å². The van der Waals surface area contributed by atoms with Crippen molar-refractivity contribution in [3.8, 4) is 0 Å². The van der Waals surface area contributed by atoms with Gasteiger partial charge in [-0.1, -0.05) is 41.7 Å². The van der Waals surface area contributed by atoms with E-state index in [2.05, 4.69) is 62.0 Å². The predicted molar refractivity (Wildman–Crippen MR) is 96.5 cm³/mol. The van der Waals surface area contributed by atoms with Gasteiger partial charge in [0.1, 0.15) is 10.8 Å². The van der Waals surface area contributed by atoms with Crippen LogP contribution in [-0.4, -0.2) is 32.3 Å². The molecule has 1 atom stereocenters. The van der Waals surface area contributed by atoms with E-state index in [0.29, 0.717) is 6.04 Å². The Hall–Kier alpha value is -2.21. The van der Waals surface area contributed by atoms with Crippen molar-refractivity contribution in [2.24, 2.45) is 0 Å². The van der Waals surface area contributed by atoms with Gasteiger partial charge in [0.15, 0.2) is 0 Å². The van der Waals surface area contributed by atoms with Gasteiger partial charge in [0, 0.05) is 37.9 Å². The lowest BCUT2D eigenvalue weighted by Crippen LogP contribution is -2.33. The summed E-state index contributed by atoms with van der Waals surface area (Å²) in [5, 5.41) is 11.0. The SMILES string of the molecule is Cc1nccn1C[C@@H]1CCCN1c1nnc(Cc2ccccc2)s1. The molecule has 0 spiro atoms. The molecule has 0 saturated carbocycles. The summed E-state index contributed by atoms with van der Waals surface area (Å²) in [6.07, 6.45) is 7.21. The Balaban J connectivity index is 1.48. The van der Waals surface area contributed by atoms with Crippen LogP contribution in [0.2, 0.25) is 0 Å². The zero-order valence-electron chi connectivity index (χ0n) is 13.8. The number of imidazole rings is 1. The third kappa shape index (κ3) is 3.19. The molecule has 3 heterocycles. The number of hydrogen-bond donors (Lipinski definition) is 0. The average molecular weight is 339 g/mol. The summed E-state index contributed by atoms with van der Waals surface area (Å²) in [6, 6.07) is 10.9. The molecule has 0 unspecified atom stereocenters. The summed E-state index contributed by atoms with van der Waals surface area (Å²) in [6.45, 7) is 4.10. The fraction of sp³-hybridized carbons (Fsp3) is 0.389. The zero-order chi connectivity index (χ0) is 16.4. The fourth-order valence-electron chi connectivity index (χ4n) is 3.30. The van der Waals surface area contributed by atoms with Crippen molar-refractivity contribution in [1.29, 1.82) is 0 Å². The van der Waals surface area contributed by atoms with E-state index in [4.69, 9.17) is 0 Å². The van der Waals surface area contributed by atoms with E-state index >= 15 is 0 Å². The minimum atomic E-state index is 0.482. The van der Waals surface area contributed by atoms with Crippen LogP contribution in [0.1, 0.15) is 29.2 Å². The molecular weight excluding hydrogens is 318 g/mol. The van der Waals surface area contributed by atoms with Gasteiger partial charge in [-0.3, -0.25) is 0 Å². The molecule has 1 aliphatic rings. The lowest BCUT2D eigenvalue weighted by atomic mass is 10.2. The third-order valence-electron chi connectivity index (χ3n) is 4.61. The van der Waals surface area contributed by atoms with Gasteiger partial charge in [-0.05, 0) is 25.3 Å². The molecule has 3 aromatic rings. The minimum absolute atomic E-state index is 0.482. The molecular formula is C18H21N5S. The van der Waals surface area contributed by atoms with Crippen molar-refractivity contribution in [2.75, 3.05) is 11.4 Å². The molecule has 5 nitrogen and oxygen atoms in total. The van der Waals surface area contributed by atoms with Crippen molar-refractivity contribution in [3.05, 3.63) is 59.1 Å². The summed E-state index contributed by atoms with van der Waals surface area (Å²) < 4.78 is 2.23. The Kier molecular flexibility index (Phi) is 4.30. The molecule has 24 heavy (non-hydrogen) atoms. The van der Waals surface area contributed by atoms with E-state index in [9.17, 15) is 0 Å². The number of benzene rings is 1. The topological polar surface area (TPSA) is 46.8 Å². The van der Waals surface area contributed by atoms with Gasteiger partial charge in [-0.25, -0.2) is 4.98 Å². The number of aryl methyl sites for hydroxylation is 1. The number of anilines is 1. The van der Waals surface area contributed by atoms with Gasteiger partial charge in [-0.2, -0.15) is 0 Å². The Bertz CT molecular complexity index is 795. The first-order chi connectivity index (χ1) is 11.8. The predicted octanol–water partition coefficient (Wildman–Crippen LogP) is 3.30. The zero-order valence-corrected chi connectivity index (χ0v) is 14.6. The Morgan fingerprint density at radius 1 is 1.21 bits per heavy atom. The van der Waals surface area contributed by atoms with Crippen LogP contribution in [0.25, 0.3) is 0 Å². The molecule has 1 saturated heterocycles. The highest BCUT2D eigenvalue weighted by Gasteiger charge is 2.28. The second kappa shape index (κ2) is 6.73. The minimum Gasteiger partial charge on any atom is -0.342 e. The van der Waals surface area contributed by atoms with Gasteiger partial charge in [0.2, 0.25) is 5.13 Å². The number of rotatable bonds is 5. The lowest BCUT2D eigenvalue weighted by molar-refractivity contribution is 0.539. The molecule has 0 bridgehead atoms. The summed E-state index contributed by atoms with van der Waals surface area (Å²) in [7, 11) is 0. The third-order valence-corrected chi connectivity index (χ3v) is 5.57. The molecule has 0 amide bonds. The molecule has 4 rings (SSSR count). The second-order valence-corrected chi connectivity index (χ2v) is 7.30. The first-order valence-electron chi connectivity index (χ1n) is 8.40. The van der Waals surface area contributed by atoms with Gasteiger partial charge >= 0.3 is 0 Å². The smallest absolute Gasteiger partial charge is 0.208 e. The number of nitrogens with zero attached hydrogens (tertiary/aromatic N) is 5. The van der Waals surface area contributed by atoms with Crippen LogP contribution in [0.5, 0.6) is 0 Å². The largest absolute Gasteiger partial charge is 0.342 e. The van der Waals surface area contributed by atoms with Crippen molar-refractivity contribution in [3.63, 3.8) is 0 Å². The van der Waals surface area contributed by atoms with Crippen molar-refractivity contribution in [1.82, 2.24) is 19.7 Å². The maximum Gasteiger partial charge on any atom is 0.208 e. The first-order valence-corrected chi connectivity index (χ1v) is 9.22. The van der Waals surface area contributed by atoms with Crippen LogP contribution in [0.4, 0.5) is 5.13 Å². The van der Waals surface area contributed by atoms with Crippen LogP contribution in [-0.2, 0) is 13.0 Å².